The van der Waals surface area contributed by atoms with E-state index in [2.05, 4.69) is 47.4 Å². The fraction of sp³-hybridized carbons (Fsp3) is 0.333. The Bertz CT molecular complexity index is 623. The van der Waals surface area contributed by atoms with Crippen molar-refractivity contribution in [2.24, 2.45) is 0 Å². The highest BCUT2D eigenvalue weighted by molar-refractivity contribution is 6.31. The van der Waals surface area contributed by atoms with Crippen molar-refractivity contribution in [2.45, 2.75) is 24.8 Å². The van der Waals surface area contributed by atoms with Gasteiger partial charge in [0.2, 0.25) is 0 Å². The lowest BCUT2D eigenvalue weighted by Crippen LogP contribution is -2.34. The molecule has 0 radical (unpaired) electrons. The largest absolute Gasteiger partial charge is 0.295 e. The highest BCUT2D eigenvalue weighted by atomic mass is 35.5. The highest BCUT2D eigenvalue weighted by Crippen LogP contribution is 2.46. The average Bonchev–Trinajstić information content (AvgIpc) is 2.96. The molecule has 2 atom stereocenters. The lowest BCUT2D eigenvalue weighted by atomic mass is 9.81. The highest BCUT2D eigenvalue weighted by Gasteiger charge is 2.37. The Labute approximate surface area is 125 Å². The van der Waals surface area contributed by atoms with Crippen molar-refractivity contribution in [3.8, 4) is 0 Å². The van der Waals surface area contributed by atoms with Crippen molar-refractivity contribution in [3.63, 3.8) is 0 Å². The fourth-order valence-electron chi connectivity index (χ4n) is 3.89. The zero-order chi connectivity index (χ0) is 13.5. The van der Waals surface area contributed by atoms with Gasteiger partial charge in [-0.15, -0.1) is 0 Å². The van der Waals surface area contributed by atoms with Crippen LogP contribution < -0.4 is 0 Å². The van der Waals surface area contributed by atoms with Crippen LogP contribution in [0.15, 0.2) is 48.5 Å². The minimum Gasteiger partial charge on any atom is -0.295 e. The van der Waals surface area contributed by atoms with Crippen LogP contribution >= 0.6 is 11.6 Å². The maximum Gasteiger partial charge on any atom is 0.0448 e. The Morgan fingerprint density at radius 3 is 2.70 bits per heavy atom. The summed E-state index contributed by atoms with van der Waals surface area (Å²) in [5.74, 6) is 0.411. The number of benzene rings is 2. The minimum absolute atomic E-state index is 0.411. The van der Waals surface area contributed by atoms with Gasteiger partial charge in [0.15, 0.2) is 0 Å². The summed E-state index contributed by atoms with van der Waals surface area (Å²) in [5, 5.41) is 0.933. The van der Waals surface area contributed by atoms with Crippen LogP contribution in [0, 0.1) is 0 Å². The lowest BCUT2D eigenvalue weighted by Gasteiger charge is -2.38. The smallest absolute Gasteiger partial charge is 0.0448 e. The molecule has 1 saturated heterocycles. The van der Waals surface area contributed by atoms with Gasteiger partial charge >= 0.3 is 0 Å². The summed E-state index contributed by atoms with van der Waals surface area (Å²) < 4.78 is 0. The molecule has 0 unspecified atom stereocenters. The third-order valence-electron chi connectivity index (χ3n) is 4.78. The monoisotopic (exact) mass is 283 g/mol. The van der Waals surface area contributed by atoms with E-state index in [9.17, 15) is 0 Å². The van der Waals surface area contributed by atoms with Crippen LogP contribution in [0.1, 0.15) is 41.5 Å². The van der Waals surface area contributed by atoms with E-state index in [0.717, 1.165) is 11.6 Å². The van der Waals surface area contributed by atoms with Gasteiger partial charge < -0.3 is 0 Å². The molecule has 2 heteroatoms. The maximum absolute atomic E-state index is 6.56. The molecule has 1 nitrogen and oxygen atoms in total. The third kappa shape index (κ3) is 1.88. The Kier molecular flexibility index (Phi) is 3.05. The first-order valence-corrected chi connectivity index (χ1v) is 7.79. The van der Waals surface area contributed by atoms with Gasteiger partial charge in [-0.05, 0) is 42.1 Å². The first-order valence-electron chi connectivity index (χ1n) is 7.42. The molecule has 4 rings (SSSR count). The molecule has 0 aliphatic carbocycles. The molecular weight excluding hydrogens is 266 g/mol. The predicted molar refractivity (Wildman–Crippen MR) is 83.3 cm³/mol. The molecule has 0 amide bonds. The number of nitrogens with zero attached hydrogens (tertiary/aromatic N) is 1. The van der Waals surface area contributed by atoms with E-state index in [1.165, 1.54) is 36.1 Å². The standard InChI is InChI=1S/C18H18ClN/c19-16-9-4-8-14-17-10-5-11-20(17)12-15(18(14)16)13-6-2-1-3-7-13/h1-4,6-9,15,17H,5,10-12H2/t15-,17-/m0/s1. The topological polar surface area (TPSA) is 3.24 Å². The molecule has 0 spiro atoms. The number of hydrogen-bond donors (Lipinski definition) is 0. The Hall–Kier alpha value is -1.31. The molecular formula is C18H18ClN. The molecule has 2 aliphatic heterocycles. The van der Waals surface area contributed by atoms with Crippen LogP contribution in [-0.4, -0.2) is 18.0 Å². The molecule has 0 aromatic heterocycles. The lowest BCUT2D eigenvalue weighted by molar-refractivity contribution is 0.230. The first kappa shape index (κ1) is 12.4. The quantitative estimate of drug-likeness (QED) is 0.738. The van der Waals surface area contributed by atoms with Gasteiger partial charge in [-0.3, -0.25) is 4.90 Å². The zero-order valence-corrected chi connectivity index (χ0v) is 12.2. The summed E-state index contributed by atoms with van der Waals surface area (Å²) in [4.78, 5) is 2.64. The van der Waals surface area contributed by atoms with Gasteiger partial charge in [-0.1, -0.05) is 54.1 Å². The Balaban J connectivity index is 1.88. The van der Waals surface area contributed by atoms with Gasteiger partial charge in [0, 0.05) is 23.5 Å². The number of rotatable bonds is 1. The third-order valence-corrected chi connectivity index (χ3v) is 5.11. The molecule has 0 saturated carbocycles. The van der Waals surface area contributed by atoms with Gasteiger partial charge in [-0.2, -0.15) is 0 Å². The summed E-state index contributed by atoms with van der Waals surface area (Å²) in [7, 11) is 0. The summed E-state index contributed by atoms with van der Waals surface area (Å²) >= 11 is 6.56. The average molecular weight is 284 g/mol. The first-order chi connectivity index (χ1) is 9.84. The predicted octanol–water partition coefficient (Wildman–Crippen LogP) is 4.62. The van der Waals surface area contributed by atoms with Crippen molar-refractivity contribution in [1.29, 1.82) is 0 Å². The second kappa shape index (κ2) is 4.91. The molecule has 0 N–H and O–H groups in total. The maximum atomic E-state index is 6.56. The van der Waals surface area contributed by atoms with E-state index in [-0.39, 0.29) is 0 Å². The SMILES string of the molecule is Clc1cccc2c1[C@H](c1ccccc1)CN1CCC[C@@H]21. The summed E-state index contributed by atoms with van der Waals surface area (Å²) in [6.07, 6.45) is 2.58. The number of fused-ring (bicyclic) bond motifs is 3. The summed E-state index contributed by atoms with van der Waals surface area (Å²) in [6.45, 7) is 2.32. The van der Waals surface area contributed by atoms with Crippen LogP contribution in [0.4, 0.5) is 0 Å². The van der Waals surface area contributed by atoms with Gasteiger partial charge in [0.1, 0.15) is 0 Å². The Morgan fingerprint density at radius 2 is 1.85 bits per heavy atom. The zero-order valence-electron chi connectivity index (χ0n) is 11.4. The van der Waals surface area contributed by atoms with E-state index < -0.39 is 0 Å². The number of halogens is 1. The van der Waals surface area contributed by atoms with E-state index in [1.807, 2.05) is 6.07 Å². The van der Waals surface area contributed by atoms with E-state index in [4.69, 9.17) is 11.6 Å². The molecule has 20 heavy (non-hydrogen) atoms. The van der Waals surface area contributed by atoms with Crippen molar-refractivity contribution in [2.75, 3.05) is 13.1 Å². The normalized spacial score (nSPS) is 25.2. The number of hydrogen-bond acceptors (Lipinski definition) is 1. The molecule has 2 aromatic rings. The van der Waals surface area contributed by atoms with Gasteiger partial charge in [0.05, 0.1) is 0 Å². The minimum atomic E-state index is 0.411. The molecule has 2 heterocycles. The molecule has 0 bridgehead atoms. The molecule has 2 aromatic carbocycles. The van der Waals surface area contributed by atoms with Gasteiger partial charge in [-0.25, -0.2) is 0 Å². The van der Waals surface area contributed by atoms with Crippen LogP contribution in [0.2, 0.25) is 5.02 Å². The van der Waals surface area contributed by atoms with Crippen LogP contribution in [-0.2, 0) is 0 Å². The molecule has 102 valence electrons. The van der Waals surface area contributed by atoms with Crippen molar-refractivity contribution >= 4 is 11.6 Å². The second-order valence-corrected chi connectivity index (χ2v) is 6.27. The van der Waals surface area contributed by atoms with Crippen molar-refractivity contribution in [1.82, 2.24) is 4.90 Å². The van der Waals surface area contributed by atoms with Crippen LogP contribution in [0.3, 0.4) is 0 Å². The van der Waals surface area contributed by atoms with Crippen molar-refractivity contribution < 1.29 is 0 Å². The van der Waals surface area contributed by atoms with Gasteiger partial charge in [0.25, 0.3) is 0 Å². The second-order valence-electron chi connectivity index (χ2n) is 5.86. The summed E-state index contributed by atoms with van der Waals surface area (Å²) in [6, 6.07) is 17.8. The van der Waals surface area contributed by atoms with Crippen molar-refractivity contribution in [3.05, 3.63) is 70.2 Å². The molecule has 2 aliphatic rings. The van der Waals surface area contributed by atoms with E-state index in [0.29, 0.717) is 12.0 Å². The Morgan fingerprint density at radius 1 is 1.00 bits per heavy atom. The van der Waals surface area contributed by atoms with E-state index >= 15 is 0 Å². The van der Waals surface area contributed by atoms with Crippen LogP contribution in [0.25, 0.3) is 0 Å². The van der Waals surface area contributed by atoms with E-state index in [1.54, 1.807) is 0 Å². The summed E-state index contributed by atoms with van der Waals surface area (Å²) in [5.41, 5.74) is 4.20. The van der Waals surface area contributed by atoms with Crippen LogP contribution in [0.5, 0.6) is 0 Å². The molecule has 1 fully saturated rings. The fourth-order valence-corrected chi connectivity index (χ4v) is 4.21.